The van der Waals surface area contributed by atoms with Gasteiger partial charge < -0.3 is 9.80 Å². The van der Waals surface area contributed by atoms with E-state index in [1.807, 2.05) is 0 Å². The maximum atomic E-state index is 13.3. The highest BCUT2D eigenvalue weighted by Crippen LogP contribution is 2.44. The molecular weight excluding hydrogens is 472 g/mol. The van der Waals surface area contributed by atoms with Crippen molar-refractivity contribution in [3.8, 4) is 0 Å². The third-order valence-electron chi connectivity index (χ3n) is 6.97. The smallest absolute Gasteiger partial charge is 0.136 e. The lowest BCUT2D eigenvalue weighted by Gasteiger charge is -2.35. The van der Waals surface area contributed by atoms with Crippen LogP contribution in [-0.2, 0) is 4.79 Å². The Hall–Kier alpha value is -2.59. The Bertz CT molecular complexity index is 1020. The fraction of sp³-hybridized carbons (Fsp3) is 0.345. The quantitative estimate of drug-likeness (QED) is 0.366. The van der Waals surface area contributed by atoms with Gasteiger partial charge in [-0.15, -0.1) is 0 Å². The predicted octanol–water partition coefficient (Wildman–Crippen LogP) is 6.87. The van der Waals surface area contributed by atoms with E-state index in [2.05, 4.69) is 127 Å². The summed E-state index contributed by atoms with van der Waals surface area (Å²) in [5, 5.41) is 0. The molecule has 0 bridgehead atoms. The van der Waals surface area contributed by atoms with Crippen LogP contribution >= 0.6 is 15.9 Å². The summed E-state index contributed by atoms with van der Waals surface area (Å²) in [6.07, 6.45) is 2.46. The molecule has 4 heteroatoms. The van der Waals surface area contributed by atoms with Crippen LogP contribution in [0.2, 0.25) is 0 Å². The van der Waals surface area contributed by atoms with E-state index in [4.69, 9.17) is 0 Å². The molecule has 0 aliphatic heterocycles. The Labute approximate surface area is 206 Å². The number of ketones is 1. The van der Waals surface area contributed by atoms with Gasteiger partial charge in [0.25, 0.3) is 0 Å². The van der Waals surface area contributed by atoms with Gasteiger partial charge in [0.05, 0.1) is 0 Å². The van der Waals surface area contributed by atoms with Crippen molar-refractivity contribution in [2.45, 2.75) is 31.1 Å². The molecule has 1 aliphatic carbocycles. The zero-order valence-electron chi connectivity index (χ0n) is 20.0. The highest BCUT2D eigenvalue weighted by molar-refractivity contribution is 9.10. The van der Waals surface area contributed by atoms with E-state index in [1.54, 1.807) is 0 Å². The molecule has 2 atom stereocenters. The summed E-state index contributed by atoms with van der Waals surface area (Å²) in [6, 6.07) is 26.1. The summed E-state index contributed by atoms with van der Waals surface area (Å²) in [6.45, 7) is 0. The minimum Gasteiger partial charge on any atom is -0.378 e. The van der Waals surface area contributed by atoms with Crippen LogP contribution in [-0.4, -0.2) is 34.0 Å². The number of carbonyl (C=O) groups is 1. The Morgan fingerprint density at radius 3 is 1.70 bits per heavy atom. The molecule has 172 valence electrons. The second-order valence-corrected chi connectivity index (χ2v) is 10.5. The van der Waals surface area contributed by atoms with Crippen molar-refractivity contribution in [2.75, 3.05) is 38.0 Å². The molecule has 0 aromatic heterocycles. The van der Waals surface area contributed by atoms with E-state index in [0.29, 0.717) is 18.1 Å². The normalized spacial score (nSPS) is 18.4. The Morgan fingerprint density at radius 2 is 1.24 bits per heavy atom. The Morgan fingerprint density at radius 1 is 0.758 bits per heavy atom. The van der Waals surface area contributed by atoms with Crippen LogP contribution in [0.5, 0.6) is 0 Å². The van der Waals surface area contributed by atoms with Crippen LogP contribution in [0, 0.1) is 5.92 Å². The predicted molar refractivity (Wildman–Crippen MR) is 143 cm³/mol. The Kier molecular flexibility index (Phi) is 7.23. The number of rotatable bonds is 6. The molecule has 0 heterocycles. The van der Waals surface area contributed by atoms with E-state index in [0.717, 1.165) is 17.3 Å². The number of benzene rings is 3. The van der Waals surface area contributed by atoms with Crippen molar-refractivity contribution < 1.29 is 4.79 Å². The topological polar surface area (TPSA) is 23.6 Å². The molecule has 3 aromatic rings. The van der Waals surface area contributed by atoms with Gasteiger partial charge >= 0.3 is 0 Å². The van der Waals surface area contributed by atoms with Crippen molar-refractivity contribution in [1.82, 2.24) is 0 Å². The molecule has 0 amide bonds. The van der Waals surface area contributed by atoms with Crippen LogP contribution in [0.1, 0.15) is 47.8 Å². The van der Waals surface area contributed by atoms with Gasteiger partial charge in [0.15, 0.2) is 0 Å². The van der Waals surface area contributed by atoms with Gasteiger partial charge in [-0.25, -0.2) is 0 Å². The fourth-order valence-corrected chi connectivity index (χ4v) is 5.30. The summed E-state index contributed by atoms with van der Waals surface area (Å²) in [5.41, 5.74) is 6.10. The molecule has 1 unspecified atom stereocenters. The molecule has 0 spiro atoms. The molecule has 3 nitrogen and oxygen atoms in total. The van der Waals surface area contributed by atoms with Crippen molar-refractivity contribution in [3.05, 3.63) is 94.0 Å². The molecule has 33 heavy (non-hydrogen) atoms. The van der Waals surface area contributed by atoms with Gasteiger partial charge in [0.1, 0.15) is 5.78 Å². The van der Waals surface area contributed by atoms with E-state index < -0.39 is 0 Å². The molecule has 0 radical (unpaired) electrons. The Balaban J connectivity index is 1.72. The standard InChI is InChI=1S/C29H33BrN2O/c1-31(2)25-14-7-21(8-15-25)29(22-9-16-26(17-10-22)32(3)4)27-19-23(11-18-28(27)33)20-5-12-24(30)13-6-20/h5-10,12-17,23,27,29H,11,18-19H2,1-4H3/t23?,27-/m1/s1. The van der Waals surface area contributed by atoms with Crippen LogP contribution in [0.25, 0.3) is 0 Å². The van der Waals surface area contributed by atoms with E-state index in [1.165, 1.54) is 28.1 Å². The van der Waals surface area contributed by atoms with Crippen molar-refractivity contribution >= 4 is 33.1 Å². The van der Waals surface area contributed by atoms with Crippen molar-refractivity contribution in [1.29, 1.82) is 0 Å². The third-order valence-corrected chi connectivity index (χ3v) is 7.50. The minimum absolute atomic E-state index is 0.0252. The van der Waals surface area contributed by atoms with E-state index in [9.17, 15) is 4.79 Å². The molecular formula is C29H33BrN2O. The first-order valence-corrected chi connectivity index (χ1v) is 12.5. The number of Topliss-reactive ketones (excluding diaryl/α,β-unsaturated/α-hetero) is 1. The maximum Gasteiger partial charge on any atom is 0.136 e. The lowest BCUT2D eigenvalue weighted by molar-refractivity contribution is -0.125. The lowest BCUT2D eigenvalue weighted by atomic mass is 9.68. The van der Waals surface area contributed by atoms with Gasteiger partial charge in [0, 0.05) is 62.3 Å². The first kappa shape index (κ1) is 23.6. The second kappa shape index (κ2) is 10.1. The van der Waals surface area contributed by atoms with E-state index in [-0.39, 0.29) is 11.8 Å². The van der Waals surface area contributed by atoms with Gasteiger partial charge in [-0.2, -0.15) is 0 Å². The lowest BCUT2D eigenvalue weighted by Crippen LogP contribution is -2.30. The molecule has 4 rings (SSSR count). The first-order chi connectivity index (χ1) is 15.8. The van der Waals surface area contributed by atoms with Crippen LogP contribution < -0.4 is 9.80 Å². The third kappa shape index (κ3) is 5.33. The monoisotopic (exact) mass is 504 g/mol. The number of anilines is 2. The molecule has 3 aromatic carbocycles. The molecule has 1 saturated carbocycles. The van der Waals surface area contributed by atoms with Crippen molar-refractivity contribution in [3.63, 3.8) is 0 Å². The molecule has 0 saturated heterocycles. The molecule has 0 N–H and O–H groups in total. The largest absolute Gasteiger partial charge is 0.378 e. The summed E-state index contributed by atoms with van der Waals surface area (Å²) >= 11 is 3.55. The average Bonchev–Trinajstić information content (AvgIpc) is 2.82. The summed E-state index contributed by atoms with van der Waals surface area (Å²) in [7, 11) is 8.22. The zero-order valence-corrected chi connectivity index (χ0v) is 21.5. The van der Waals surface area contributed by atoms with E-state index >= 15 is 0 Å². The second-order valence-electron chi connectivity index (χ2n) is 9.55. The maximum absolute atomic E-state index is 13.3. The number of hydrogen-bond donors (Lipinski definition) is 0. The number of halogens is 1. The van der Waals surface area contributed by atoms with Crippen molar-refractivity contribution in [2.24, 2.45) is 5.92 Å². The summed E-state index contributed by atoms with van der Waals surface area (Å²) in [5.74, 6) is 0.832. The molecule has 1 aliphatic rings. The van der Waals surface area contributed by atoms with Crippen LogP contribution in [0.15, 0.2) is 77.3 Å². The van der Waals surface area contributed by atoms with Crippen LogP contribution in [0.4, 0.5) is 11.4 Å². The summed E-state index contributed by atoms with van der Waals surface area (Å²) < 4.78 is 1.09. The SMILES string of the molecule is CN(C)c1ccc(C(c2ccc(N(C)C)cc2)[C@@H]2CC(c3ccc(Br)cc3)CCC2=O)cc1. The van der Waals surface area contributed by atoms with Gasteiger partial charge in [-0.3, -0.25) is 4.79 Å². The number of carbonyl (C=O) groups excluding carboxylic acids is 1. The fourth-order valence-electron chi connectivity index (χ4n) is 5.03. The average molecular weight is 506 g/mol. The summed E-state index contributed by atoms with van der Waals surface area (Å²) in [4.78, 5) is 17.6. The van der Waals surface area contributed by atoms with Gasteiger partial charge in [0.2, 0.25) is 0 Å². The first-order valence-electron chi connectivity index (χ1n) is 11.7. The van der Waals surface area contributed by atoms with Crippen LogP contribution in [0.3, 0.4) is 0 Å². The van der Waals surface area contributed by atoms with Gasteiger partial charge in [-0.1, -0.05) is 52.3 Å². The molecule has 1 fully saturated rings. The number of nitrogens with zero attached hydrogens (tertiary/aromatic N) is 2. The zero-order chi connectivity index (χ0) is 23.5. The highest BCUT2D eigenvalue weighted by Gasteiger charge is 2.36. The number of hydrogen-bond acceptors (Lipinski definition) is 3. The highest BCUT2D eigenvalue weighted by atomic mass is 79.9. The van der Waals surface area contributed by atoms with Gasteiger partial charge in [-0.05, 0) is 71.8 Å². The minimum atomic E-state index is -0.0252.